The van der Waals surface area contributed by atoms with Gasteiger partial charge in [0.15, 0.2) is 0 Å². The number of amides is 1. The van der Waals surface area contributed by atoms with Gasteiger partial charge >= 0.3 is 0 Å². The second-order valence-corrected chi connectivity index (χ2v) is 5.69. The maximum Gasteiger partial charge on any atom is 0.223 e. The summed E-state index contributed by atoms with van der Waals surface area (Å²) < 4.78 is 0. The Balaban J connectivity index is 1.72. The van der Waals surface area contributed by atoms with E-state index in [1.807, 2.05) is 18.3 Å². The molecule has 3 nitrogen and oxygen atoms in total. The molecule has 2 aliphatic rings. The number of nitrogens with one attached hydrogen (secondary N) is 1. The van der Waals surface area contributed by atoms with Crippen LogP contribution >= 0.6 is 0 Å². The van der Waals surface area contributed by atoms with E-state index in [0.29, 0.717) is 5.92 Å². The van der Waals surface area contributed by atoms with Crippen LogP contribution in [0.2, 0.25) is 0 Å². The smallest absolute Gasteiger partial charge is 0.223 e. The van der Waals surface area contributed by atoms with Gasteiger partial charge in [0.2, 0.25) is 5.91 Å². The average Bonchev–Trinajstić information content (AvgIpc) is 3.16. The van der Waals surface area contributed by atoms with E-state index in [1.54, 1.807) is 0 Å². The van der Waals surface area contributed by atoms with Crippen LogP contribution in [-0.2, 0) is 10.2 Å². The molecule has 0 aromatic carbocycles. The number of nitrogens with zero attached hydrogens (tertiary/aromatic N) is 1. The summed E-state index contributed by atoms with van der Waals surface area (Å²) in [5, 5.41) is 3.15. The van der Waals surface area contributed by atoms with Gasteiger partial charge < -0.3 is 5.32 Å². The SMILES string of the molecule is O=C(NCC1(c2ccccn2)CCCC1)C1CC1. The molecular formula is C15H20N2O. The topological polar surface area (TPSA) is 42.0 Å². The zero-order valence-electron chi connectivity index (χ0n) is 10.7. The maximum atomic E-state index is 11.8. The first-order chi connectivity index (χ1) is 8.80. The van der Waals surface area contributed by atoms with E-state index in [2.05, 4.69) is 16.4 Å². The van der Waals surface area contributed by atoms with Crippen LogP contribution in [-0.4, -0.2) is 17.4 Å². The molecule has 0 aliphatic heterocycles. The molecule has 0 atom stereocenters. The highest BCUT2D eigenvalue weighted by atomic mass is 16.2. The van der Waals surface area contributed by atoms with E-state index in [-0.39, 0.29) is 11.3 Å². The minimum Gasteiger partial charge on any atom is -0.355 e. The first-order valence-corrected chi connectivity index (χ1v) is 6.99. The van der Waals surface area contributed by atoms with E-state index >= 15 is 0 Å². The third kappa shape index (κ3) is 2.26. The fraction of sp³-hybridized carbons (Fsp3) is 0.600. The number of hydrogen-bond acceptors (Lipinski definition) is 2. The lowest BCUT2D eigenvalue weighted by Gasteiger charge is -2.28. The standard InChI is InChI=1S/C15H20N2O/c18-14(12-6-7-12)17-11-15(8-2-3-9-15)13-5-1-4-10-16-13/h1,4-5,10,12H,2-3,6-9,11H2,(H,17,18). The van der Waals surface area contributed by atoms with Crippen molar-refractivity contribution in [2.24, 2.45) is 5.92 Å². The summed E-state index contributed by atoms with van der Waals surface area (Å²) in [7, 11) is 0. The van der Waals surface area contributed by atoms with Gasteiger partial charge in [-0.2, -0.15) is 0 Å². The molecule has 0 unspecified atom stereocenters. The van der Waals surface area contributed by atoms with E-state index in [9.17, 15) is 4.79 Å². The van der Waals surface area contributed by atoms with Gasteiger partial charge in [0.05, 0.1) is 0 Å². The molecule has 0 saturated heterocycles. The third-order valence-electron chi connectivity index (χ3n) is 4.32. The Bertz CT molecular complexity index is 419. The summed E-state index contributed by atoms with van der Waals surface area (Å²) in [5.41, 5.74) is 1.24. The minimum absolute atomic E-state index is 0.0891. The van der Waals surface area contributed by atoms with Gasteiger partial charge in [-0.05, 0) is 37.8 Å². The van der Waals surface area contributed by atoms with Crippen molar-refractivity contribution in [1.29, 1.82) is 0 Å². The van der Waals surface area contributed by atoms with E-state index in [0.717, 1.165) is 37.9 Å². The van der Waals surface area contributed by atoms with Crippen molar-refractivity contribution in [1.82, 2.24) is 10.3 Å². The van der Waals surface area contributed by atoms with Crippen LogP contribution < -0.4 is 5.32 Å². The average molecular weight is 244 g/mol. The Morgan fingerprint density at radius 3 is 2.72 bits per heavy atom. The van der Waals surface area contributed by atoms with Crippen LogP contribution in [0.25, 0.3) is 0 Å². The van der Waals surface area contributed by atoms with E-state index in [1.165, 1.54) is 12.8 Å². The lowest BCUT2D eigenvalue weighted by molar-refractivity contribution is -0.122. The summed E-state index contributed by atoms with van der Waals surface area (Å²) in [6.45, 7) is 0.763. The molecule has 3 heteroatoms. The second-order valence-electron chi connectivity index (χ2n) is 5.69. The highest BCUT2D eigenvalue weighted by molar-refractivity contribution is 5.80. The van der Waals surface area contributed by atoms with Gasteiger partial charge in [-0.3, -0.25) is 9.78 Å². The van der Waals surface area contributed by atoms with Crippen LogP contribution in [0.15, 0.2) is 24.4 Å². The molecule has 2 fully saturated rings. The first-order valence-electron chi connectivity index (χ1n) is 6.99. The van der Waals surface area contributed by atoms with E-state index < -0.39 is 0 Å². The van der Waals surface area contributed by atoms with Gasteiger partial charge in [-0.15, -0.1) is 0 Å². The molecule has 1 N–H and O–H groups in total. The number of rotatable bonds is 4. The van der Waals surface area contributed by atoms with Crippen molar-refractivity contribution in [2.75, 3.05) is 6.54 Å². The summed E-state index contributed by atoms with van der Waals surface area (Å²) in [5.74, 6) is 0.546. The summed E-state index contributed by atoms with van der Waals surface area (Å²) in [6, 6.07) is 6.11. The molecule has 1 aromatic rings. The van der Waals surface area contributed by atoms with Gasteiger partial charge in [0.1, 0.15) is 0 Å². The fourth-order valence-electron chi connectivity index (χ4n) is 3.00. The van der Waals surface area contributed by atoms with Gasteiger partial charge in [-0.25, -0.2) is 0 Å². The highest BCUT2D eigenvalue weighted by Crippen LogP contribution is 2.40. The van der Waals surface area contributed by atoms with Crippen LogP contribution in [0.4, 0.5) is 0 Å². The van der Waals surface area contributed by atoms with Gasteiger partial charge in [-0.1, -0.05) is 18.9 Å². The van der Waals surface area contributed by atoms with Crippen LogP contribution in [0.1, 0.15) is 44.2 Å². The van der Waals surface area contributed by atoms with Gasteiger partial charge in [0, 0.05) is 29.8 Å². The normalized spacial score (nSPS) is 21.8. The molecule has 1 amide bonds. The molecule has 96 valence electrons. The Morgan fingerprint density at radius 2 is 2.11 bits per heavy atom. The zero-order valence-corrected chi connectivity index (χ0v) is 10.7. The fourth-order valence-corrected chi connectivity index (χ4v) is 3.00. The predicted octanol–water partition coefficient (Wildman–Crippen LogP) is 2.42. The van der Waals surface area contributed by atoms with Crippen molar-refractivity contribution in [3.05, 3.63) is 30.1 Å². The van der Waals surface area contributed by atoms with Crippen molar-refractivity contribution in [2.45, 2.75) is 43.9 Å². The predicted molar refractivity (Wildman–Crippen MR) is 70.1 cm³/mol. The molecule has 0 radical (unpaired) electrons. The molecular weight excluding hydrogens is 224 g/mol. The molecule has 18 heavy (non-hydrogen) atoms. The number of aromatic nitrogens is 1. The number of carbonyl (C=O) groups excluding carboxylic acids is 1. The maximum absolute atomic E-state index is 11.8. The Morgan fingerprint density at radius 1 is 1.33 bits per heavy atom. The lowest BCUT2D eigenvalue weighted by Crippen LogP contribution is -2.40. The summed E-state index contributed by atoms with van der Waals surface area (Å²) in [6.07, 6.45) is 8.79. The molecule has 1 heterocycles. The lowest BCUT2D eigenvalue weighted by atomic mass is 9.82. The van der Waals surface area contributed by atoms with Crippen LogP contribution in [0, 0.1) is 5.92 Å². The molecule has 2 saturated carbocycles. The molecule has 2 aliphatic carbocycles. The number of hydrogen-bond donors (Lipinski definition) is 1. The quantitative estimate of drug-likeness (QED) is 0.883. The monoisotopic (exact) mass is 244 g/mol. The first kappa shape index (κ1) is 11.7. The largest absolute Gasteiger partial charge is 0.355 e. The Hall–Kier alpha value is -1.38. The zero-order chi connectivity index (χ0) is 12.4. The minimum atomic E-state index is 0.0891. The second kappa shape index (κ2) is 4.71. The highest BCUT2D eigenvalue weighted by Gasteiger charge is 2.38. The van der Waals surface area contributed by atoms with Crippen LogP contribution in [0.5, 0.6) is 0 Å². The van der Waals surface area contributed by atoms with E-state index in [4.69, 9.17) is 0 Å². The van der Waals surface area contributed by atoms with Crippen molar-refractivity contribution < 1.29 is 4.79 Å². The number of carbonyl (C=O) groups is 1. The Kier molecular flexibility index (Phi) is 3.06. The molecule has 3 rings (SSSR count). The van der Waals surface area contributed by atoms with Crippen molar-refractivity contribution in [3.63, 3.8) is 0 Å². The number of pyridine rings is 1. The molecule has 0 bridgehead atoms. The molecule has 1 aromatic heterocycles. The Labute approximate surface area is 108 Å². The van der Waals surface area contributed by atoms with Crippen molar-refractivity contribution >= 4 is 5.91 Å². The van der Waals surface area contributed by atoms with Crippen molar-refractivity contribution in [3.8, 4) is 0 Å². The van der Waals surface area contributed by atoms with Gasteiger partial charge in [0.25, 0.3) is 0 Å². The molecule has 0 spiro atoms. The van der Waals surface area contributed by atoms with Crippen LogP contribution in [0.3, 0.4) is 0 Å². The summed E-state index contributed by atoms with van der Waals surface area (Å²) in [4.78, 5) is 16.3. The summed E-state index contributed by atoms with van der Waals surface area (Å²) >= 11 is 0. The third-order valence-corrected chi connectivity index (χ3v) is 4.32.